The van der Waals surface area contributed by atoms with Crippen LogP contribution in [-0.4, -0.2) is 32.7 Å². The van der Waals surface area contributed by atoms with E-state index in [1.807, 2.05) is 42.5 Å². The first-order chi connectivity index (χ1) is 14.7. The number of ketones is 1. The van der Waals surface area contributed by atoms with Gasteiger partial charge in [0.1, 0.15) is 0 Å². The number of carbonyl (C=O) groups is 1. The van der Waals surface area contributed by atoms with E-state index in [0.717, 1.165) is 28.1 Å². The highest BCUT2D eigenvalue weighted by Crippen LogP contribution is 2.35. The number of fused-ring (bicyclic) bond motifs is 3. The third kappa shape index (κ3) is 3.18. The lowest BCUT2D eigenvalue weighted by Crippen LogP contribution is -2.24. The number of halogens is 1. The molecule has 6 nitrogen and oxygen atoms in total. The molecule has 2 heterocycles. The number of methoxy groups -OCH3 is 1. The number of hydrogen-bond acceptors (Lipinski definition) is 5. The summed E-state index contributed by atoms with van der Waals surface area (Å²) in [6.45, 7) is 0.316. The number of carbonyl (C=O) groups excluding carboxylic acids is 1. The topological polar surface area (TPSA) is 69.4 Å². The molecule has 0 fully saturated rings. The van der Waals surface area contributed by atoms with Gasteiger partial charge >= 0.3 is 0 Å². The third-order valence-electron chi connectivity index (χ3n) is 5.51. The molecule has 0 spiro atoms. The van der Waals surface area contributed by atoms with Gasteiger partial charge in [0, 0.05) is 18.6 Å². The zero-order valence-electron chi connectivity index (χ0n) is 16.4. The van der Waals surface area contributed by atoms with Crippen LogP contribution in [0.2, 0.25) is 5.02 Å². The van der Waals surface area contributed by atoms with Gasteiger partial charge in [-0.25, -0.2) is 4.52 Å². The van der Waals surface area contributed by atoms with Gasteiger partial charge in [0.15, 0.2) is 17.1 Å². The first-order valence-electron chi connectivity index (χ1n) is 9.76. The molecule has 0 amide bonds. The number of rotatable bonds is 4. The Morgan fingerprint density at radius 2 is 1.93 bits per heavy atom. The molecule has 0 saturated heterocycles. The van der Waals surface area contributed by atoms with Gasteiger partial charge in [-0.2, -0.15) is 5.10 Å². The summed E-state index contributed by atoms with van der Waals surface area (Å²) in [5.41, 5.74) is 5.38. The van der Waals surface area contributed by atoms with Crippen molar-refractivity contribution < 1.29 is 9.53 Å². The van der Waals surface area contributed by atoms with Crippen LogP contribution in [0.3, 0.4) is 0 Å². The van der Waals surface area contributed by atoms with Crippen molar-refractivity contribution in [2.24, 2.45) is 0 Å². The molecule has 1 atom stereocenters. The van der Waals surface area contributed by atoms with E-state index in [0.29, 0.717) is 35.8 Å². The number of hydrogen-bond donors (Lipinski definition) is 0. The zero-order valence-corrected chi connectivity index (χ0v) is 17.1. The van der Waals surface area contributed by atoms with E-state index in [1.165, 1.54) is 0 Å². The molecule has 7 heteroatoms. The number of nitrogens with zero attached hydrogens (tertiary/aromatic N) is 4. The molecular formula is C23H19ClN4O2. The molecule has 4 aromatic rings. The largest absolute Gasteiger partial charge is 0.378 e. The quantitative estimate of drug-likeness (QED) is 0.488. The molecule has 0 radical (unpaired) electrons. The normalized spacial score (nSPS) is 16.1. The Kier molecular flexibility index (Phi) is 4.81. The van der Waals surface area contributed by atoms with Crippen molar-refractivity contribution in [1.82, 2.24) is 19.8 Å². The third-order valence-corrected chi connectivity index (χ3v) is 5.74. The second-order valence-electron chi connectivity index (χ2n) is 7.43. The van der Waals surface area contributed by atoms with Crippen molar-refractivity contribution in [3.05, 3.63) is 82.3 Å². The van der Waals surface area contributed by atoms with Gasteiger partial charge in [0.05, 0.1) is 23.6 Å². The summed E-state index contributed by atoms with van der Waals surface area (Å²) < 4.78 is 7.15. The van der Waals surface area contributed by atoms with Crippen LogP contribution in [0, 0.1) is 0 Å². The average Bonchev–Trinajstić information content (AvgIpc) is 3.13. The highest BCUT2D eigenvalue weighted by atomic mass is 35.5. The summed E-state index contributed by atoms with van der Waals surface area (Å²) in [5, 5.41) is 14.1. The van der Waals surface area contributed by atoms with Crippen LogP contribution in [-0.2, 0) is 17.8 Å². The second-order valence-corrected chi connectivity index (χ2v) is 7.87. The molecule has 2 aromatic heterocycles. The molecule has 1 aliphatic carbocycles. The fourth-order valence-corrected chi connectivity index (χ4v) is 4.34. The maximum Gasteiger partial charge on any atom is 0.185 e. The van der Waals surface area contributed by atoms with Crippen LogP contribution in [0.15, 0.2) is 54.6 Å². The fraction of sp³-hybridized carbons (Fsp3) is 0.217. The molecule has 5 rings (SSSR count). The van der Waals surface area contributed by atoms with Crippen molar-refractivity contribution in [3.8, 4) is 11.1 Å². The van der Waals surface area contributed by atoms with Crippen LogP contribution >= 0.6 is 11.6 Å². The number of benzene rings is 2. The number of Topliss-reactive ketones (excluding diaryl/α,β-unsaturated/α-hetero) is 1. The minimum atomic E-state index is -0.00685. The number of aromatic nitrogens is 4. The molecule has 0 bridgehead atoms. The maximum absolute atomic E-state index is 12.9. The summed E-state index contributed by atoms with van der Waals surface area (Å²) in [5.74, 6) is 0.0795. The Labute approximate surface area is 178 Å². The smallest absolute Gasteiger partial charge is 0.185 e. The van der Waals surface area contributed by atoms with Crippen molar-refractivity contribution >= 4 is 23.0 Å². The Morgan fingerprint density at radius 3 is 2.70 bits per heavy atom. The van der Waals surface area contributed by atoms with Crippen LogP contribution in [0.25, 0.3) is 16.8 Å². The molecule has 30 heavy (non-hydrogen) atoms. The summed E-state index contributed by atoms with van der Waals surface area (Å²) in [7, 11) is 1.63. The standard InChI is InChI=1S/C23H19ClN4O2/c1-30-13-18-21(15-8-5-9-17(24)10-15)23-26-25-22-19(28(23)27-18)11-16(12-20(22)29)14-6-3-2-4-7-14/h2-10,16H,11-13H2,1H3/t16-/m1/s1. The molecule has 0 aliphatic heterocycles. The Balaban J connectivity index is 1.70. The van der Waals surface area contributed by atoms with Crippen molar-refractivity contribution in [2.45, 2.75) is 25.4 Å². The maximum atomic E-state index is 12.9. The summed E-state index contributed by atoms with van der Waals surface area (Å²) >= 11 is 6.22. The van der Waals surface area contributed by atoms with Crippen molar-refractivity contribution in [1.29, 1.82) is 0 Å². The first-order valence-corrected chi connectivity index (χ1v) is 10.1. The first kappa shape index (κ1) is 18.9. The fourth-order valence-electron chi connectivity index (χ4n) is 4.15. The monoisotopic (exact) mass is 418 g/mol. The summed E-state index contributed by atoms with van der Waals surface area (Å²) in [6, 6.07) is 17.6. The summed E-state index contributed by atoms with van der Waals surface area (Å²) in [4.78, 5) is 12.9. The van der Waals surface area contributed by atoms with Crippen LogP contribution < -0.4 is 0 Å². The molecule has 2 aromatic carbocycles. The van der Waals surface area contributed by atoms with E-state index in [1.54, 1.807) is 11.6 Å². The van der Waals surface area contributed by atoms with E-state index in [4.69, 9.17) is 21.4 Å². The van der Waals surface area contributed by atoms with E-state index >= 15 is 0 Å². The van der Waals surface area contributed by atoms with Crippen molar-refractivity contribution in [3.63, 3.8) is 0 Å². The predicted octanol–water partition coefficient (Wildman–Crippen LogP) is 4.50. The second kappa shape index (κ2) is 7.63. The van der Waals surface area contributed by atoms with Gasteiger partial charge in [-0.3, -0.25) is 4.79 Å². The highest BCUT2D eigenvalue weighted by Gasteiger charge is 2.31. The number of ether oxygens (including phenoxy) is 1. The molecule has 0 N–H and O–H groups in total. The Bertz CT molecular complexity index is 1250. The van der Waals surface area contributed by atoms with Gasteiger partial charge < -0.3 is 4.74 Å². The molecular weight excluding hydrogens is 400 g/mol. The predicted molar refractivity (Wildman–Crippen MR) is 114 cm³/mol. The average molecular weight is 419 g/mol. The molecule has 1 aliphatic rings. The Hall–Kier alpha value is -3.09. The van der Waals surface area contributed by atoms with E-state index < -0.39 is 0 Å². The minimum absolute atomic E-state index is 0.00685. The minimum Gasteiger partial charge on any atom is -0.378 e. The lowest BCUT2D eigenvalue weighted by atomic mass is 9.83. The zero-order chi connectivity index (χ0) is 20.7. The van der Waals surface area contributed by atoms with Gasteiger partial charge in [0.2, 0.25) is 0 Å². The van der Waals surface area contributed by atoms with E-state index in [2.05, 4.69) is 22.3 Å². The van der Waals surface area contributed by atoms with Gasteiger partial charge in [-0.15, -0.1) is 10.2 Å². The SMILES string of the molecule is COCc1nn2c3c(nnc2c1-c1cccc(Cl)c1)C(=O)C[C@H](c1ccccc1)C3. The van der Waals surface area contributed by atoms with Gasteiger partial charge in [-0.1, -0.05) is 54.1 Å². The van der Waals surface area contributed by atoms with E-state index in [9.17, 15) is 4.79 Å². The van der Waals surface area contributed by atoms with Crippen LogP contribution in [0.1, 0.15) is 39.8 Å². The lowest BCUT2D eigenvalue weighted by molar-refractivity contribution is 0.0955. The van der Waals surface area contributed by atoms with Gasteiger partial charge in [-0.05, 0) is 35.6 Å². The van der Waals surface area contributed by atoms with E-state index in [-0.39, 0.29) is 11.7 Å². The summed E-state index contributed by atoms with van der Waals surface area (Å²) in [6.07, 6.45) is 1.09. The van der Waals surface area contributed by atoms with Gasteiger partial charge in [0.25, 0.3) is 0 Å². The van der Waals surface area contributed by atoms with Crippen LogP contribution in [0.4, 0.5) is 0 Å². The van der Waals surface area contributed by atoms with Crippen molar-refractivity contribution in [2.75, 3.05) is 7.11 Å². The molecule has 0 saturated carbocycles. The molecule has 150 valence electrons. The Morgan fingerprint density at radius 1 is 1.10 bits per heavy atom. The van der Waals surface area contributed by atoms with Crippen LogP contribution in [0.5, 0.6) is 0 Å². The lowest BCUT2D eigenvalue weighted by Gasteiger charge is -2.23. The molecule has 0 unspecified atom stereocenters. The highest BCUT2D eigenvalue weighted by molar-refractivity contribution is 6.30.